The number of hydrogen-bond acceptors (Lipinski definition) is 4. The Morgan fingerprint density at radius 3 is 2.94 bits per heavy atom. The van der Waals surface area contributed by atoms with Gasteiger partial charge in [0.05, 0.1) is 6.10 Å². The summed E-state index contributed by atoms with van der Waals surface area (Å²) in [5.41, 5.74) is 0. The third-order valence-electron chi connectivity index (χ3n) is 2.97. The second-order valence-corrected chi connectivity index (χ2v) is 5.01. The van der Waals surface area contributed by atoms with Crippen molar-refractivity contribution in [3.8, 4) is 0 Å². The van der Waals surface area contributed by atoms with Crippen LogP contribution in [0.5, 0.6) is 0 Å². The van der Waals surface area contributed by atoms with E-state index < -0.39 is 0 Å². The summed E-state index contributed by atoms with van der Waals surface area (Å²) in [7, 11) is 0. The highest BCUT2D eigenvalue weighted by Gasteiger charge is 2.15. The van der Waals surface area contributed by atoms with Gasteiger partial charge in [0.25, 0.3) is 0 Å². The predicted octanol–water partition coefficient (Wildman–Crippen LogP) is 1.20. The van der Waals surface area contributed by atoms with Gasteiger partial charge in [-0.25, -0.2) is 9.67 Å². The number of aromatic nitrogens is 3. The molecule has 1 N–H and O–H groups in total. The summed E-state index contributed by atoms with van der Waals surface area (Å²) in [6.07, 6.45) is 4.18. The van der Waals surface area contributed by atoms with E-state index in [9.17, 15) is 0 Å². The predicted molar refractivity (Wildman–Crippen MR) is 65.5 cm³/mol. The van der Waals surface area contributed by atoms with Crippen molar-refractivity contribution >= 4 is 0 Å². The number of ether oxygens (including phenoxy) is 1. The van der Waals surface area contributed by atoms with Gasteiger partial charge in [-0.3, -0.25) is 0 Å². The highest BCUT2D eigenvalue weighted by molar-refractivity contribution is 4.82. The zero-order chi connectivity index (χ0) is 12.1. The number of nitrogens with one attached hydrogen (secondary N) is 1. The molecule has 1 fully saturated rings. The van der Waals surface area contributed by atoms with Crippen molar-refractivity contribution < 1.29 is 4.74 Å². The normalized spacial score (nSPS) is 17.8. The van der Waals surface area contributed by atoms with Crippen molar-refractivity contribution in [3.05, 3.63) is 12.2 Å². The maximum Gasteiger partial charge on any atom is 0.152 e. The smallest absolute Gasteiger partial charge is 0.152 e. The van der Waals surface area contributed by atoms with Gasteiger partial charge in [0.1, 0.15) is 12.9 Å². The van der Waals surface area contributed by atoms with E-state index in [1.807, 2.05) is 4.68 Å². The van der Waals surface area contributed by atoms with Crippen LogP contribution in [0.1, 0.15) is 32.5 Å². The quantitative estimate of drug-likeness (QED) is 0.837. The Morgan fingerprint density at radius 2 is 2.24 bits per heavy atom. The molecule has 0 atom stereocenters. The molecule has 0 aliphatic carbocycles. The Bertz CT molecular complexity index is 331. The van der Waals surface area contributed by atoms with Gasteiger partial charge in [-0.05, 0) is 31.8 Å². The van der Waals surface area contributed by atoms with E-state index in [-0.39, 0.29) is 0 Å². The van der Waals surface area contributed by atoms with Crippen molar-refractivity contribution in [2.45, 2.75) is 45.9 Å². The Kier molecular flexibility index (Phi) is 4.50. The minimum Gasteiger partial charge on any atom is -0.370 e. The minimum absolute atomic E-state index is 0.375. The lowest BCUT2D eigenvalue weighted by molar-refractivity contribution is 0.0158. The van der Waals surface area contributed by atoms with Gasteiger partial charge < -0.3 is 10.1 Å². The van der Waals surface area contributed by atoms with E-state index >= 15 is 0 Å². The van der Waals surface area contributed by atoms with Gasteiger partial charge in [0, 0.05) is 6.54 Å². The Balaban J connectivity index is 1.83. The maximum atomic E-state index is 5.89. The maximum absolute atomic E-state index is 5.89. The molecule has 2 heterocycles. The fourth-order valence-electron chi connectivity index (χ4n) is 2.05. The summed E-state index contributed by atoms with van der Waals surface area (Å²) in [4.78, 5) is 4.26. The molecule has 17 heavy (non-hydrogen) atoms. The molecule has 5 nitrogen and oxygen atoms in total. The molecule has 0 bridgehead atoms. The van der Waals surface area contributed by atoms with Gasteiger partial charge in [0.15, 0.2) is 5.82 Å². The first-order valence-corrected chi connectivity index (χ1v) is 6.44. The van der Waals surface area contributed by atoms with Crippen molar-refractivity contribution in [2.24, 2.45) is 5.92 Å². The molecule has 1 aliphatic rings. The third-order valence-corrected chi connectivity index (χ3v) is 2.97. The number of hydrogen-bond donors (Lipinski definition) is 1. The average Bonchev–Trinajstić information content (AvgIpc) is 2.74. The van der Waals surface area contributed by atoms with E-state index in [1.54, 1.807) is 6.33 Å². The summed E-state index contributed by atoms with van der Waals surface area (Å²) >= 11 is 0. The molecule has 0 aromatic carbocycles. The molecule has 0 saturated carbocycles. The van der Waals surface area contributed by atoms with Crippen LogP contribution in [-0.4, -0.2) is 34.0 Å². The molecule has 0 spiro atoms. The summed E-state index contributed by atoms with van der Waals surface area (Å²) in [5, 5.41) is 7.57. The van der Waals surface area contributed by atoms with Crippen LogP contribution in [-0.2, 0) is 17.9 Å². The van der Waals surface area contributed by atoms with Crippen LogP contribution in [0.2, 0.25) is 0 Å². The number of nitrogens with zero attached hydrogens (tertiary/aromatic N) is 3. The van der Waals surface area contributed by atoms with Gasteiger partial charge in [-0.15, -0.1) is 0 Å². The minimum atomic E-state index is 0.375. The number of piperidine rings is 1. The highest BCUT2D eigenvalue weighted by Crippen LogP contribution is 2.10. The molecule has 0 unspecified atom stereocenters. The molecular formula is C12H22N4O. The molecule has 0 radical (unpaired) electrons. The van der Waals surface area contributed by atoms with Crippen LogP contribution in [0.15, 0.2) is 6.33 Å². The fourth-order valence-corrected chi connectivity index (χ4v) is 2.05. The molecule has 1 saturated heterocycles. The number of rotatable bonds is 5. The fraction of sp³-hybridized carbons (Fsp3) is 0.833. The zero-order valence-electron chi connectivity index (χ0n) is 10.7. The van der Waals surface area contributed by atoms with Gasteiger partial charge in [-0.1, -0.05) is 13.8 Å². The van der Waals surface area contributed by atoms with Crippen molar-refractivity contribution in [2.75, 3.05) is 13.1 Å². The lowest BCUT2D eigenvalue weighted by Crippen LogP contribution is -2.32. The van der Waals surface area contributed by atoms with Crippen LogP contribution in [0.25, 0.3) is 0 Å². The first kappa shape index (κ1) is 12.5. The molecule has 2 rings (SSSR count). The van der Waals surface area contributed by atoms with Crippen molar-refractivity contribution in [1.29, 1.82) is 0 Å². The van der Waals surface area contributed by atoms with Crippen LogP contribution in [0.4, 0.5) is 0 Å². The molecule has 0 amide bonds. The zero-order valence-corrected chi connectivity index (χ0v) is 10.7. The second kappa shape index (κ2) is 6.12. The van der Waals surface area contributed by atoms with Gasteiger partial charge in [0.2, 0.25) is 0 Å². The van der Waals surface area contributed by atoms with Gasteiger partial charge in [-0.2, -0.15) is 5.10 Å². The van der Waals surface area contributed by atoms with E-state index in [0.717, 1.165) is 38.3 Å². The first-order valence-electron chi connectivity index (χ1n) is 6.44. The third kappa shape index (κ3) is 3.78. The molecular weight excluding hydrogens is 216 g/mol. The first-order chi connectivity index (χ1) is 8.25. The molecule has 1 aliphatic heterocycles. The second-order valence-electron chi connectivity index (χ2n) is 5.01. The molecule has 5 heteroatoms. The van der Waals surface area contributed by atoms with Crippen LogP contribution in [0.3, 0.4) is 0 Å². The molecule has 1 aromatic heterocycles. The Morgan fingerprint density at radius 1 is 1.47 bits per heavy atom. The largest absolute Gasteiger partial charge is 0.370 e. The van der Waals surface area contributed by atoms with E-state index in [1.165, 1.54) is 0 Å². The molecule has 1 aromatic rings. The Hall–Kier alpha value is -0.940. The van der Waals surface area contributed by atoms with Crippen LogP contribution < -0.4 is 5.32 Å². The highest BCUT2D eigenvalue weighted by atomic mass is 16.5. The standard InChI is InChI=1S/C12H22N4O/c1-10(2)7-16-12(14-9-15-16)8-17-11-3-5-13-6-4-11/h9-11,13H,3-8H2,1-2H3. The van der Waals surface area contributed by atoms with Crippen LogP contribution >= 0.6 is 0 Å². The van der Waals surface area contributed by atoms with Crippen molar-refractivity contribution in [1.82, 2.24) is 20.1 Å². The Labute approximate surface area is 103 Å². The van der Waals surface area contributed by atoms with E-state index in [4.69, 9.17) is 4.74 Å². The van der Waals surface area contributed by atoms with E-state index in [2.05, 4.69) is 29.2 Å². The summed E-state index contributed by atoms with van der Waals surface area (Å²) in [5.74, 6) is 1.52. The summed E-state index contributed by atoms with van der Waals surface area (Å²) in [6.45, 7) is 7.97. The summed E-state index contributed by atoms with van der Waals surface area (Å²) in [6, 6.07) is 0. The van der Waals surface area contributed by atoms with Crippen molar-refractivity contribution in [3.63, 3.8) is 0 Å². The SMILES string of the molecule is CC(C)Cn1ncnc1COC1CCNCC1. The lowest BCUT2D eigenvalue weighted by atomic mass is 10.1. The lowest BCUT2D eigenvalue weighted by Gasteiger charge is -2.22. The molecule has 96 valence electrons. The van der Waals surface area contributed by atoms with Gasteiger partial charge >= 0.3 is 0 Å². The topological polar surface area (TPSA) is 52.0 Å². The van der Waals surface area contributed by atoms with Crippen LogP contribution in [0, 0.1) is 5.92 Å². The average molecular weight is 238 g/mol. The monoisotopic (exact) mass is 238 g/mol. The van der Waals surface area contributed by atoms with E-state index in [0.29, 0.717) is 18.6 Å². The summed E-state index contributed by atoms with van der Waals surface area (Å²) < 4.78 is 7.84.